The minimum Gasteiger partial charge on any atom is -0.630 e. The van der Waals surface area contributed by atoms with Gasteiger partial charge in [0.15, 0.2) is 0 Å². The van der Waals surface area contributed by atoms with Crippen molar-refractivity contribution in [2.45, 2.75) is 27.2 Å². The third kappa shape index (κ3) is 4.73. The molecule has 0 unspecified atom stereocenters. The van der Waals surface area contributed by atoms with Gasteiger partial charge in [0.2, 0.25) is 0 Å². The molecule has 100 valence electrons. The van der Waals surface area contributed by atoms with Crippen LogP contribution in [0.4, 0.5) is 10.5 Å². The molecular formula is C13H19NO4. The average molecular weight is 253 g/mol. The van der Waals surface area contributed by atoms with Gasteiger partial charge in [-0.15, -0.1) is 0 Å². The van der Waals surface area contributed by atoms with Gasteiger partial charge in [-0.2, -0.15) is 0 Å². The number of rotatable bonds is 5. The Balaban J connectivity index is 2.44. The minimum absolute atomic E-state index is 0.0552. The van der Waals surface area contributed by atoms with E-state index in [9.17, 15) is 10.0 Å². The lowest BCUT2D eigenvalue weighted by molar-refractivity contribution is -0.497. The molecule has 5 heteroatoms. The van der Waals surface area contributed by atoms with E-state index < -0.39 is 6.16 Å². The smallest absolute Gasteiger partial charge is 0.513 e. The second-order valence-electron chi connectivity index (χ2n) is 4.85. The molecule has 1 aromatic rings. The molecule has 0 saturated carbocycles. The minimum atomic E-state index is -0.727. The van der Waals surface area contributed by atoms with Crippen LogP contribution in [0.2, 0.25) is 0 Å². The molecular weight excluding hydrogens is 234 g/mol. The molecule has 0 radical (unpaired) electrons. The molecule has 0 fully saturated rings. The molecule has 0 spiro atoms. The van der Waals surface area contributed by atoms with Gasteiger partial charge in [0.05, 0.1) is 0 Å². The van der Waals surface area contributed by atoms with Gasteiger partial charge in [0.25, 0.3) is 0 Å². The maximum Gasteiger partial charge on any atom is 0.513 e. The molecule has 1 aromatic carbocycles. The van der Waals surface area contributed by atoms with Crippen LogP contribution >= 0.6 is 0 Å². The Morgan fingerprint density at radius 1 is 1.33 bits per heavy atom. The van der Waals surface area contributed by atoms with Crippen molar-refractivity contribution in [1.82, 2.24) is 0 Å². The van der Waals surface area contributed by atoms with Gasteiger partial charge in [0, 0.05) is 12.1 Å². The standard InChI is InChI=1S/C13H19NO4/c1-4-13(2,3)9-17-12(15)18-11-7-5-10(14-16)6-8-11/h5-8H,4,9,14H2,1-3H3. The van der Waals surface area contributed by atoms with Gasteiger partial charge < -0.3 is 20.2 Å². The Bertz CT molecular complexity index is 386. The van der Waals surface area contributed by atoms with E-state index in [1.807, 2.05) is 20.8 Å². The summed E-state index contributed by atoms with van der Waals surface area (Å²) in [6.45, 7) is 6.37. The summed E-state index contributed by atoms with van der Waals surface area (Å²) in [5.41, 5.74) is 1.20. The molecule has 0 amide bonds. The highest BCUT2D eigenvalue weighted by Gasteiger charge is 2.18. The van der Waals surface area contributed by atoms with Crippen LogP contribution in [0.25, 0.3) is 0 Å². The summed E-state index contributed by atoms with van der Waals surface area (Å²) < 4.78 is 10.0. The molecule has 0 atom stereocenters. The zero-order valence-corrected chi connectivity index (χ0v) is 10.9. The molecule has 0 aromatic heterocycles. The summed E-state index contributed by atoms with van der Waals surface area (Å²) in [4.78, 5) is 11.4. The fourth-order valence-electron chi connectivity index (χ4n) is 1.10. The summed E-state index contributed by atoms with van der Waals surface area (Å²) in [6.07, 6.45) is 0.185. The fraction of sp³-hybridized carbons (Fsp3) is 0.462. The third-order valence-corrected chi connectivity index (χ3v) is 2.76. The van der Waals surface area contributed by atoms with E-state index in [1.165, 1.54) is 0 Å². The van der Waals surface area contributed by atoms with Crippen molar-refractivity contribution in [3.05, 3.63) is 29.5 Å². The predicted octanol–water partition coefficient (Wildman–Crippen LogP) is 2.33. The van der Waals surface area contributed by atoms with Crippen LogP contribution in [0, 0.1) is 10.6 Å². The van der Waals surface area contributed by atoms with Crippen molar-refractivity contribution >= 4 is 11.8 Å². The Morgan fingerprint density at radius 3 is 2.44 bits per heavy atom. The number of quaternary nitrogens is 1. The Kier molecular flexibility index (Phi) is 5.12. The largest absolute Gasteiger partial charge is 0.630 e. The second kappa shape index (κ2) is 6.37. The van der Waals surface area contributed by atoms with Crippen LogP contribution in [0.3, 0.4) is 0 Å². The third-order valence-electron chi connectivity index (χ3n) is 2.76. The fourth-order valence-corrected chi connectivity index (χ4v) is 1.10. The van der Waals surface area contributed by atoms with Gasteiger partial charge in [-0.05, 0) is 24.0 Å². The first-order valence-corrected chi connectivity index (χ1v) is 5.87. The molecule has 18 heavy (non-hydrogen) atoms. The molecule has 0 aliphatic heterocycles. The number of nitrogens with two attached hydrogens (primary N) is 1. The van der Waals surface area contributed by atoms with E-state index in [0.29, 0.717) is 18.0 Å². The van der Waals surface area contributed by atoms with Crippen LogP contribution in [-0.4, -0.2) is 12.8 Å². The SMILES string of the molecule is CCC(C)(C)COC(=O)Oc1ccc([NH2+][O-])cc1. The van der Waals surface area contributed by atoms with E-state index in [2.05, 4.69) is 0 Å². The highest BCUT2D eigenvalue weighted by atomic mass is 16.7. The molecule has 0 aliphatic rings. The van der Waals surface area contributed by atoms with Crippen molar-refractivity contribution in [2.24, 2.45) is 5.41 Å². The summed E-state index contributed by atoms with van der Waals surface area (Å²) in [5, 5.41) is 10.5. The van der Waals surface area contributed by atoms with Crippen molar-refractivity contribution in [3.63, 3.8) is 0 Å². The van der Waals surface area contributed by atoms with Crippen molar-refractivity contribution in [1.29, 1.82) is 0 Å². The van der Waals surface area contributed by atoms with Gasteiger partial charge >= 0.3 is 6.16 Å². The maximum atomic E-state index is 11.4. The van der Waals surface area contributed by atoms with Crippen molar-refractivity contribution in [2.75, 3.05) is 6.61 Å². The second-order valence-corrected chi connectivity index (χ2v) is 4.85. The zero-order valence-electron chi connectivity index (χ0n) is 10.9. The Labute approximate surface area is 107 Å². The lowest BCUT2D eigenvalue weighted by Crippen LogP contribution is -2.70. The first-order valence-electron chi connectivity index (χ1n) is 5.87. The molecule has 5 nitrogen and oxygen atoms in total. The number of carbonyl (C=O) groups is 1. The number of benzene rings is 1. The number of hydrogen-bond acceptors (Lipinski definition) is 4. The van der Waals surface area contributed by atoms with Crippen molar-refractivity contribution < 1.29 is 19.7 Å². The predicted molar refractivity (Wildman–Crippen MR) is 67.4 cm³/mol. The molecule has 1 rings (SSSR count). The van der Waals surface area contributed by atoms with E-state index in [1.54, 1.807) is 24.3 Å². The molecule has 0 saturated heterocycles. The van der Waals surface area contributed by atoms with E-state index >= 15 is 0 Å². The molecule has 2 N–H and O–H groups in total. The van der Waals surface area contributed by atoms with Crippen LogP contribution in [0.5, 0.6) is 5.75 Å². The van der Waals surface area contributed by atoms with Crippen LogP contribution in [0.1, 0.15) is 27.2 Å². The zero-order chi connectivity index (χ0) is 13.6. The highest BCUT2D eigenvalue weighted by molar-refractivity contribution is 5.64. The summed E-state index contributed by atoms with van der Waals surface area (Å²) >= 11 is 0. The van der Waals surface area contributed by atoms with Crippen LogP contribution in [-0.2, 0) is 4.74 Å². The molecule has 0 aliphatic carbocycles. The van der Waals surface area contributed by atoms with E-state index in [-0.39, 0.29) is 5.41 Å². The van der Waals surface area contributed by atoms with Crippen molar-refractivity contribution in [3.8, 4) is 5.75 Å². The lowest BCUT2D eigenvalue weighted by atomic mass is 9.92. The first kappa shape index (κ1) is 14.5. The monoisotopic (exact) mass is 253 g/mol. The highest BCUT2D eigenvalue weighted by Crippen LogP contribution is 2.20. The topological polar surface area (TPSA) is 75.2 Å². The van der Waals surface area contributed by atoms with Crippen LogP contribution in [0.15, 0.2) is 24.3 Å². The maximum absolute atomic E-state index is 11.4. The summed E-state index contributed by atoms with van der Waals surface area (Å²) in [7, 11) is 0. The van der Waals surface area contributed by atoms with E-state index in [0.717, 1.165) is 11.9 Å². The van der Waals surface area contributed by atoms with E-state index in [4.69, 9.17) is 9.47 Å². The molecule has 0 heterocycles. The lowest BCUT2D eigenvalue weighted by Gasteiger charge is -2.21. The quantitative estimate of drug-likeness (QED) is 0.378. The first-order chi connectivity index (χ1) is 8.46. The number of hydrogen-bond donors (Lipinski definition) is 1. The normalized spacial score (nSPS) is 11.1. The summed E-state index contributed by atoms with van der Waals surface area (Å²) in [6, 6.07) is 6.25. The van der Waals surface area contributed by atoms with Crippen LogP contribution < -0.4 is 10.2 Å². The Morgan fingerprint density at radius 2 is 1.94 bits per heavy atom. The van der Waals surface area contributed by atoms with Gasteiger partial charge in [-0.3, -0.25) is 0 Å². The average Bonchev–Trinajstić information content (AvgIpc) is 2.37. The van der Waals surface area contributed by atoms with Gasteiger partial charge in [-0.1, -0.05) is 20.8 Å². The van der Waals surface area contributed by atoms with Gasteiger partial charge in [0.1, 0.15) is 18.0 Å². The number of carbonyl (C=O) groups excluding carboxylic acids is 1. The Hall–Kier alpha value is -1.59. The number of ether oxygens (including phenoxy) is 2. The molecule has 0 bridgehead atoms. The summed E-state index contributed by atoms with van der Waals surface area (Å²) in [5.74, 6) is 0.361. The van der Waals surface area contributed by atoms with Gasteiger partial charge in [-0.25, -0.2) is 4.79 Å².